The summed E-state index contributed by atoms with van der Waals surface area (Å²) in [5, 5.41) is 7.94. The first-order chi connectivity index (χ1) is 17.2. The average Bonchev–Trinajstić information content (AvgIpc) is 3.30. The molecule has 162 valence electrons. The predicted octanol–water partition coefficient (Wildman–Crippen LogP) is 6.60. The molecule has 1 aromatic heterocycles. The van der Waals surface area contributed by atoms with Gasteiger partial charge in [-0.3, -0.25) is 9.59 Å². The van der Waals surface area contributed by atoms with Gasteiger partial charge in [0, 0.05) is 44.2 Å². The molecule has 5 aromatic carbocycles. The van der Waals surface area contributed by atoms with Crippen molar-refractivity contribution in [1.29, 1.82) is 0 Å². The summed E-state index contributed by atoms with van der Waals surface area (Å²) >= 11 is 0. The molecule has 2 aliphatic carbocycles. The van der Waals surface area contributed by atoms with Crippen LogP contribution in [0.2, 0.25) is 0 Å². The third-order valence-electron chi connectivity index (χ3n) is 7.32. The Hall–Kier alpha value is -4.83. The Balaban J connectivity index is 1.54. The second kappa shape index (κ2) is 6.39. The van der Waals surface area contributed by atoms with Gasteiger partial charge in [-0.15, -0.1) is 0 Å². The number of ketones is 2. The first kappa shape index (κ1) is 18.6. The van der Waals surface area contributed by atoms with Crippen LogP contribution in [0, 0.1) is 0 Å². The van der Waals surface area contributed by atoms with Crippen LogP contribution in [-0.4, -0.2) is 21.3 Å². The van der Waals surface area contributed by atoms with Gasteiger partial charge in [0.15, 0.2) is 11.6 Å². The number of carbonyl (C=O) groups excluding carboxylic acids is 2. The molecule has 0 radical (unpaired) electrons. The summed E-state index contributed by atoms with van der Waals surface area (Å²) in [5.41, 5.74) is 8.09. The summed E-state index contributed by atoms with van der Waals surface area (Å²) in [6.45, 7) is 0. The highest BCUT2D eigenvalue weighted by Crippen LogP contribution is 2.45. The van der Waals surface area contributed by atoms with E-state index < -0.39 is 0 Å². The zero-order valence-corrected chi connectivity index (χ0v) is 18.4. The third-order valence-corrected chi connectivity index (χ3v) is 7.32. The van der Waals surface area contributed by atoms with Crippen LogP contribution in [0.4, 0.5) is 0 Å². The van der Waals surface area contributed by atoms with Gasteiger partial charge in [-0.1, -0.05) is 84.9 Å². The van der Waals surface area contributed by atoms with Crippen LogP contribution in [0.1, 0.15) is 31.8 Å². The molecular formula is C31H16N2O2. The van der Waals surface area contributed by atoms with E-state index in [2.05, 4.69) is 12.1 Å². The second-order valence-corrected chi connectivity index (χ2v) is 9.07. The van der Waals surface area contributed by atoms with Crippen LogP contribution in [-0.2, 0) is 0 Å². The van der Waals surface area contributed by atoms with E-state index in [4.69, 9.17) is 5.10 Å². The molecule has 0 bridgehead atoms. The van der Waals surface area contributed by atoms with Gasteiger partial charge in [-0.05, 0) is 23.1 Å². The van der Waals surface area contributed by atoms with Gasteiger partial charge < -0.3 is 0 Å². The fraction of sp³-hybridized carbons (Fsp3) is 0. The molecule has 0 fully saturated rings. The van der Waals surface area contributed by atoms with E-state index in [0.29, 0.717) is 22.3 Å². The van der Waals surface area contributed by atoms with Crippen LogP contribution in [0.25, 0.3) is 49.7 Å². The lowest BCUT2D eigenvalue weighted by atomic mass is 9.82. The molecule has 2 aliphatic rings. The van der Waals surface area contributed by atoms with Crippen molar-refractivity contribution in [2.24, 2.45) is 0 Å². The van der Waals surface area contributed by atoms with Crippen molar-refractivity contribution in [3.63, 3.8) is 0 Å². The molecule has 0 unspecified atom stereocenters. The lowest BCUT2D eigenvalue weighted by molar-refractivity contribution is 0.103. The average molecular weight is 448 g/mol. The van der Waals surface area contributed by atoms with Crippen molar-refractivity contribution in [2.75, 3.05) is 0 Å². The quantitative estimate of drug-likeness (QED) is 0.284. The molecule has 4 nitrogen and oxygen atoms in total. The number of benzene rings is 5. The minimum absolute atomic E-state index is 0.0244. The van der Waals surface area contributed by atoms with E-state index in [1.54, 1.807) is 0 Å². The van der Waals surface area contributed by atoms with Crippen molar-refractivity contribution < 1.29 is 9.59 Å². The van der Waals surface area contributed by atoms with Crippen molar-refractivity contribution in [2.45, 2.75) is 0 Å². The predicted molar refractivity (Wildman–Crippen MR) is 136 cm³/mol. The lowest BCUT2D eigenvalue weighted by Crippen LogP contribution is -2.12. The minimum Gasteiger partial charge on any atom is -0.289 e. The summed E-state index contributed by atoms with van der Waals surface area (Å²) in [6, 6.07) is 31.3. The summed E-state index contributed by atoms with van der Waals surface area (Å²) in [5.74, 6) is 0.0675. The van der Waals surface area contributed by atoms with Gasteiger partial charge >= 0.3 is 0 Å². The normalized spacial score (nSPS) is 13.3. The number of rotatable bonds is 1. The third kappa shape index (κ3) is 2.23. The molecule has 0 atom stereocenters. The number of carbonyl (C=O) groups is 2. The van der Waals surface area contributed by atoms with Crippen LogP contribution >= 0.6 is 0 Å². The van der Waals surface area contributed by atoms with Gasteiger partial charge in [0.05, 0.1) is 11.2 Å². The Labute approximate surface area is 200 Å². The van der Waals surface area contributed by atoms with Crippen molar-refractivity contribution >= 4 is 33.2 Å². The highest BCUT2D eigenvalue weighted by Gasteiger charge is 2.31. The minimum atomic E-state index is 0.0244. The molecule has 0 spiro atoms. The molecule has 0 saturated carbocycles. The first-order valence-corrected chi connectivity index (χ1v) is 11.6. The number of hydrogen-bond acceptors (Lipinski definition) is 3. The second-order valence-electron chi connectivity index (χ2n) is 9.07. The van der Waals surface area contributed by atoms with Gasteiger partial charge in [0.2, 0.25) is 0 Å². The molecule has 0 saturated heterocycles. The Kier molecular flexibility index (Phi) is 3.39. The number of hydrogen-bond donors (Lipinski definition) is 0. The standard InChI is InChI=1S/C31H16N2O2/c34-30-20-10-3-1-8-18(20)27-25(16-15-17-7-5-12-22(30)26(17)27)33-24-14-6-13-23-28(24)29(32-33)19-9-2-4-11-21(19)31(23)35/h1-16H. The zero-order valence-electron chi connectivity index (χ0n) is 18.4. The van der Waals surface area contributed by atoms with Crippen LogP contribution in [0.3, 0.4) is 0 Å². The van der Waals surface area contributed by atoms with Gasteiger partial charge in [0.1, 0.15) is 5.69 Å². The molecule has 0 aliphatic heterocycles. The number of fused-ring (bicyclic) bond motifs is 4. The van der Waals surface area contributed by atoms with E-state index >= 15 is 0 Å². The van der Waals surface area contributed by atoms with Gasteiger partial charge in [-0.2, -0.15) is 5.10 Å². The maximum Gasteiger partial charge on any atom is 0.194 e. The smallest absolute Gasteiger partial charge is 0.194 e. The van der Waals surface area contributed by atoms with Gasteiger partial charge in [-0.25, -0.2) is 4.68 Å². The van der Waals surface area contributed by atoms with Crippen LogP contribution in [0.5, 0.6) is 0 Å². The summed E-state index contributed by atoms with van der Waals surface area (Å²) in [7, 11) is 0. The molecule has 0 amide bonds. The molecule has 35 heavy (non-hydrogen) atoms. The molecule has 0 N–H and O–H groups in total. The van der Waals surface area contributed by atoms with Crippen LogP contribution < -0.4 is 0 Å². The van der Waals surface area contributed by atoms with E-state index in [9.17, 15) is 9.59 Å². The Morgan fingerprint density at radius 2 is 1.11 bits per heavy atom. The highest BCUT2D eigenvalue weighted by molar-refractivity contribution is 6.28. The molecule has 1 heterocycles. The summed E-state index contributed by atoms with van der Waals surface area (Å²) in [4.78, 5) is 26.7. The Morgan fingerprint density at radius 3 is 1.89 bits per heavy atom. The SMILES string of the molecule is O=C1c2ccccc2-c2c(-n3nc4c5c(cccc53)C(=O)c3ccccc3-4)ccc3cccc1c23. The topological polar surface area (TPSA) is 52.0 Å². The van der Waals surface area contributed by atoms with Crippen molar-refractivity contribution in [3.8, 4) is 28.1 Å². The Morgan fingerprint density at radius 1 is 0.514 bits per heavy atom. The largest absolute Gasteiger partial charge is 0.289 e. The Bertz CT molecular complexity index is 1940. The van der Waals surface area contributed by atoms with E-state index in [1.807, 2.05) is 89.6 Å². The number of aromatic nitrogens is 2. The van der Waals surface area contributed by atoms with Gasteiger partial charge in [0.25, 0.3) is 0 Å². The zero-order chi connectivity index (χ0) is 23.3. The molecular weight excluding hydrogens is 432 g/mol. The molecule has 8 rings (SSSR count). The maximum absolute atomic E-state index is 13.4. The lowest BCUT2D eigenvalue weighted by Gasteiger charge is -2.22. The summed E-state index contributed by atoms with van der Waals surface area (Å²) < 4.78 is 1.95. The monoisotopic (exact) mass is 448 g/mol. The van der Waals surface area contributed by atoms with E-state index in [-0.39, 0.29) is 11.6 Å². The summed E-state index contributed by atoms with van der Waals surface area (Å²) in [6.07, 6.45) is 0. The maximum atomic E-state index is 13.4. The molecule has 6 aromatic rings. The van der Waals surface area contributed by atoms with Crippen molar-refractivity contribution in [1.82, 2.24) is 9.78 Å². The van der Waals surface area contributed by atoms with Crippen molar-refractivity contribution in [3.05, 3.63) is 119 Å². The van der Waals surface area contributed by atoms with E-state index in [1.165, 1.54) is 0 Å². The van der Waals surface area contributed by atoms with Crippen LogP contribution in [0.15, 0.2) is 97.1 Å². The molecule has 4 heteroatoms. The van der Waals surface area contributed by atoms with E-state index in [0.717, 1.165) is 49.7 Å². The highest BCUT2D eigenvalue weighted by atomic mass is 16.1. The fourth-order valence-corrected chi connectivity index (χ4v) is 5.81. The first-order valence-electron chi connectivity index (χ1n) is 11.6. The fourth-order valence-electron chi connectivity index (χ4n) is 5.81. The number of nitrogens with zero attached hydrogens (tertiary/aromatic N) is 2.